The average molecular weight is 401 g/mol. The largest absolute Gasteiger partial charge is 0.365 e. The van der Waals surface area contributed by atoms with Gasteiger partial charge < -0.3 is 24.4 Å². The van der Waals surface area contributed by atoms with Gasteiger partial charge in [0.15, 0.2) is 0 Å². The van der Waals surface area contributed by atoms with Crippen molar-refractivity contribution in [2.24, 2.45) is 7.05 Å². The molecule has 1 spiro atoms. The number of fused-ring (bicyclic) bond motifs is 1. The number of amides is 3. The number of likely N-dealkylation sites (tertiary alicyclic amines) is 1. The van der Waals surface area contributed by atoms with Crippen LogP contribution in [0.1, 0.15) is 34.7 Å². The second-order valence-electron chi connectivity index (χ2n) is 8.00. The summed E-state index contributed by atoms with van der Waals surface area (Å²) in [7, 11) is 5.26. The molecule has 0 aromatic carbocycles. The van der Waals surface area contributed by atoms with E-state index in [0.29, 0.717) is 37.6 Å². The SMILES string of the molecule is CN(C)C(=O)NCc1nnn2c1COC1(CCCN(C(=O)c3cccn3C)C1)C2. The lowest BCUT2D eigenvalue weighted by Crippen LogP contribution is -2.55. The minimum absolute atomic E-state index is 0.0247. The highest BCUT2D eigenvalue weighted by molar-refractivity contribution is 5.92. The highest BCUT2D eigenvalue weighted by Crippen LogP contribution is 2.33. The lowest BCUT2D eigenvalue weighted by molar-refractivity contribution is -0.122. The van der Waals surface area contributed by atoms with Crippen molar-refractivity contribution in [2.45, 2.75) is 38.1 Å². The van der Waals surface area contributed by atoms with Crippen molar-refractivity contribution < 1.29 is 14.3 Å². The van der Waals surface area contributed by atoms with Gasteiger partial charge in [-0.2, -0.15) is 0 Å². The maximum atomic E-state index is 12.9. The van der Waals surface area contributed by atoms with Gasteiger partial charge >= 0.3 is 6.03 Å². The third kappa shape index (κ3) is 3.71. The first-order valence-corrected chi connectivity index (χ1v) is 9.79. The van der Waals surface area contributed by atoms with Crippen molar-refractivity contribution in [3.63, 3.8) is 0 Å². The number of aromatic nitrogens is 4. The Morgan fingerprint density at radius 1 is 1.34 bits per heavy atom. The van der Waals surface area contributed by atoms with Crippen LogP contribution < -0.4 is 5.32 Å². The third-order valence-corrected chi connectivity index (χ3v) is 5.67. The highest BCUT2D eigenvalue weighted by Gasteiger charge is 2.42. The first kappa shape index (κ1) is 19.4. The summed E-state index contributed by atoms with van der Waals surface area (Å²) < 4.78 is 9.99. The molecule has 10 heteroatoms. The van der Waals surface area contributed by atoms with E-state index in [-0.39, 0.29) is 11.9 Å². The summed E-state index contributed by atoms with van der Waals surface area (Å²) in [5.74, 6) is 0.0247. The lowest BCUT2D eigenvalue weighted by Gasteiger charge is -2.44. The fraction of sp³-hybridized carbons (Fsp3) is 0.579. The first-order valence-electron chi connectivity index (χ1n) is 9.79. The van der Waals surface area contributed by atoms with Crippen LogP contribution in [0.3, 0.4) is 0 Å². The maximum absolute atomic E-state index is 12.9. The molecule has 0 bridgehead atoms. The van der Waals surface area contributed by atoms with E-state index in [9.17, 15) is 9.59 Å². The van der Waals surface area contributed by atoms with Crippen molar-refractivity contribution in [2.75, 3.05) is 27.2 Å². The fourth-order valence-electron chi connectivity index (χ4n) is 4.01. The lowest BCUT2D eigenvalue weighted by atomic mass is 9.91. The summed E-state index contributed by atoms with van der Waals surface area (Å²) in [6.07, 6.45) is 3.63. The summed E-state index contributed by atoms with van der Waals surface area (Å²) in [5.41, 5.74) is 1.81. The Balaban J connectivity index is 1.45. The van der Waals surface area contributed by atoms with Crippen LogP contribution in [0.2, 0.25) is 0 Å². The van der Waals surface area contributed by atoms with Gasteiger partial charge in [-0.15, -0.1) is 5.10 Å². The topological polar surface area (TPSA) is 97.5 Å². The number of piperidine rings is 1. The Morgan fingerprint density at radius 2 is 2.17 bits per heavy atom. The van der Waals surface area contributed by atoms with Crippen LogP contribution in [-0.2, 0) is 31.5 Å². The van der Waals surface area contributed by atoms with E-state index < -0.39 is 5.60 Å². The van der Waals surface area contributed by atoms with Crippen LogP contribution in [0.25, 0.3) is 0 Å². The van der Waals surface area contributed by atoms with Gasteiger partial charge in [0.25, 0.3) is 5.91 Å². The molecule has 3 amide bonds. The summed E-state index contributed by atoms with van der Waals surface area (Å²) in [6.45, 7) is 2.48. The number of urea groups is 1. The molecule has 2 aromatic rings. The van der Waals surface area contributed by atoms with E-state index in [4.69, 9.17) is 4.74 Å². The van der Waals surface area contributed by atoms with Crippen LogP contribution in [0.4, 0.5) is 4.79 Å². The molecule has 156 valence electrons. The number of rotatable bonds is 3. The predicted molar refractivity (Wildman–Crippen MR) is 104 cm³/mol. The molecule has 1 N–H and O–H groups in total. The molecule has 1 atom stereocenters. The van der Waals surface area contributed by atoms with E-state index in [2.05, 4.69) is 15.6 Å². The molecule has 4 heterocycles. The smallest absolute Gasteiger partial charge is 0.317 e. The second-order valence-corrected chi connectivity index (χ2v) is 8.00. The van der Waals surface area contributed by atoms with Gasteiger partial charge in [-0.1, -0.05) is 5.21 Å². The van der Waals surface area contributed by atoms with Gasteiger partial charge in [-0.25, -0.2) is 9.48 Å². The number of carbonyl (C=O) groups excluding carboxylic acids is 2. The Labute approximate surface area is 169 Å². The predicted octanol–water partition coefficient (Wildman–Crippen LogP) is 0.593. The number of carbonyl (C=O) groups is 2. The molecule has 0 radical (unpaired) electrons. The molecule has 2 aromatic heterocycles. The normalized spacial score (nSPS) is 21.1. The minimum Gasteiger partial charge on any atom is -0.365 e. The molecule has 4 rings (SSSR count). The zero-order chi connectivity index (χ0) is 20.6. The standard InChI is InChI=1S/C19H27N7O3/c1-23(2)18(28)20-10-14-16-11-29-19(13-26(16)22-21-14)7-5-9-25(12-19)17(27)15-6-4-8-24(15)3/h4,6,8H,5,7,9-13H2,1-3H3,(H,20,28). The number of hydrogen-bond acceptors (Lipinski definition) is 5. The summed E-state index contributed by atoms with van der Waals surface area (Å²) in [6, 6.07) is 3.54. The molecule has 2 aliphatic heterocycles. The van der Waals surface area contributed by atoms with Crippen LogP contribution in [0, 0.1) is 0 Å². The molecule has 1 fully saturated rings. The van der Waals surface area contributed by atoms with Crippen molar-refractivity contribution >= 4 is 11.9 Å². The van der Waals surface area contributed by atoms with Crippen molar-refractivity contribution in [1.29, 1.82) is 0 Å². The number of ether oxygens (including phenoxy) is 1. The van der Waals surface area contributed by atoms with Crippen LogP contribution >= 0.6 is 0 Å². The summed E-state index contributed by atoms with van der Waals surface area (Å²) in [4.78, 5) is 28.0. The Kier molecular flexibility index (Phi) is 5.03. The fourth-order valence-corrected chi connectivity index (χ4v) is 4.01. The summed E-state index contributed by atoms with van der Waals surface area (Å²) in [5, 5.41) is 11.3. The Morgan fingerprint density at radius 3 is 2.90 bits per heavy atom. The average Bonchev–Trinajstić information content (AvgIpc) is 3.31. The Hall–Kier alpha value is -2.88. The highest BCUT2D eigenvalue weighted by atomic mass is 16.5. The van der Waals surface area contributed by atoms with Crippen molar-refractivity contribution in [3.05, 3.63) is 35.4 Å². The maximum Gasteiger partial charge on any atom is 0.317 e. The molecular weight excluding hydrogens is 374 g/mol. The van der Waals surface area contributed by atoms with E-state index in [1.165, 1.54) is 4.90 Å². The molecule has 0 saturated carbocycles. The van der Waals surface area contributed by atoms with E-state index in [1.54, 1.807) is 14.1 Å². The first-order chi connectivity index (χ1) is 13.9. The van der Waals surface area contributed by atoms with Gasteiger partial charge in [0.05, 0.1) is 31.9 Å². The molecule has 0 aliphatic carbocycles. The number of hydrogen-bond donors (Lipinski definition) is 1. The second kappa shape index (κ2) is 7.51. The van der Waals surface area contributed by atoms with Crippen LogP contribution in [0.15, 0.2) is 18.3 Å². The summed E-state index contributed by atoms with van der Waals surface area (Å²) >= 11 is 0. The number of nitrogens with zero attached hydrogens (tertiary/aromatic N) is 6. The quantitative estimate of drug-likeness (QED) is 0.812. The van der Waals surface area contributed by atoms with Gasteiger partial charge in [-0.05, 0) is 25.0 Å². The molecule has 2 aliphatic rings. The third-order valence-electron chi connectivity index (χ3n) is 5.67. The zero-order valence-electron chi connectivity index (χ0n) is 17.1. The van der Waals surface area contributed by atoms with Gasteiger partial charge in [-0.3, -0.25) is 4.79 Å². The van der Waals surface area contributed by atoms with Crippen molar-refractivity contribution in [3.8, 4) is 0 Å². The zero-order valence-corrected chi connectivity index (χ0v) is 17.1. The van der Waals surface area contributed by atoms with Gasteiger partial charge in [0.1, 0.15) is 17.0 Å². The van der Waals surface area contributed by atoms with E-state index >= 15 is 0 Å². The van der Waals surface area contributed by atoms with Crippen LogP contribution in [0.5, 0.6) is 0 Å². The molecule has 1 saturated heterocycles. The molecule has 1 unspecified atom stereocenters. The molecular formula is C19H27N7O3. The number of nitrogens with one attached hydrogen (secondary N) is 1. The number of aryl methyl sites for hydroxylation is 1. The van der Waals surface area contributed by atoms with E-state index in [1.807, 2.05) is 39.5 Å². The minimum atomic E-state index is -0.454. The van der Waals surface area contributed by atoms with E-state index in [0.717, 1.165) is 25.1 Å². The Bertz CT molecular complexity index is 919. The van der Waals surface area contributed by atoms with Crippen molar-refractivity contribution in [1.82, 2.24) is 34.7 Å². The monoisotopic (exact) mass is 401 g/mol. The molecule has 10 nitrogen and oxygen atoms in total. The van der Waals surface area contributed by atoms with Crippen LogP contribution in [-0.4, -0.2) is 74.1 Å². The van der Waals surface area contributed by atoms with Gasteiger partial charge in [0, 0.05) is 33.9 Å². The van der Waals surface area contributed by atoms with Gasteiger partial charge in [0.2, 0.25) is 0 Å². The molecule has 29 heavy (non-hydrogen) atoms.